The van der Waals surface area contributed by atoms with Gasteiger partial charge in [0.05, 0.1) is 25.3 Å². The van der Waals surface area contributed by atoms with Crippen LogP contribution in [0.5, 0.6) is 11.5 Å². The Hall–Kier alpha value is -3.09. The van der Waals surface area contributed by atoms with Gasteiger partial charge in [-0.2, -0.15) is 9.61 Å². The molecule has 0 spiro atoms. The van der Waals surface area contributed by atoms with Crippen LogP contribution in [0, 0.1) is 0 Å². The molecule has 7 heteroatoms. The third kappa shape index (κ3) is 2.67. The third-order valence-corrected chi connectivity index (χ3v) is 4.32. The molecule has 25 heavy (non-hydrogen) atoms. The zero-order valence-electron chi connectivity index (χ0n) is 14.1. The molecular weight excluding hydrogens is 320 g/mol. The molecule has 0 amide bonds. The van der Waals surface area contributed by atoms with Gasteiger partial charge in [-0.05, 0) is 37.5 Å². The number of benzene rings is 1. The number of nitrogens with zero attached hydrogens (tertiary/aromatic N) is 3. The lowest BCUT2D eigenvalue weighted by Gasteiger charge is -2.07. The highest BCUT2D eigenvalue weighted by Gasteiger charge is 2.11. The Labute approximate surface area is 143 Å². The van der Waals surface area contributed by atoms with Gasteiger partial charge in [0.25, 0.3) is 5.56 Å². The van der Waals surface area contributed by atoms with E-state index in [0.29, 0.717) is 22.6 Å². The van der Waals surface area contributed by atoms with Crippen LogP contribution in [-0.4, -0.2) is 33.8 Å². The van der Waals surface area contributed by atoms with Gasteiger partial charge in [-0.3, -0.25) is 9.78 Å². The van der Waals surface area contributed by atoms with Crippen molar-refractivity contribution in [2.24, 2.45) is 0 Å². The molecule has 0 saturated carbocycles. The number of aryl methyl sites for hydroxylation is 1. The van der Waals surface area contributed by atoms with Crippen molar-refractivity contribution in [2.75, 3.05) is 14.2 Å². The molecule has 0 atom stereocenters. The summed E-state index contributed by atoms with van der Waals surface area (Å²) in [5.74, 6) is 1.75. The number of ether oxygens (including phenoxy) is 2. The summed E-state index contributed by atoms with van der Waals surface area (Å²) in [4.78, 5) is 19.7. The number of nitrogens with one attached hydrogen (secondary N) is 1. The zero-order valence-corrected chi connectivity index (χ0v) is 14.1. The van der Waals surface area contributed by atoms with E-state index in [9.17, 15) is 4.79 Å². The van der Waals surface area contributed by atoms with Crippen molar-refractivity contribution in [3.63, 3.8) is 0 Å². The molecule has 0 unspecified atom stereocenters. The fourth-order valence-electron chi connectivity index (χ4n) is 3.02. The summed E-state index contributed by atoms with van der Waals surface area (Å²) in [6.07, 6.45) is 6.72. The van der Waals surface area contributed by atoms with Gasteiger partial charge >= 0.3 is 0 Å². The Kier molecular flexibility index (Phi) is 3.76. The minimum absolute atomic E-state index is 0.236. The number of hydrogen-bond acceptors (Lipinski definition) is 5. The molecule has 2 heterocycles. The van der Waals surface area contributed by atoms with E-state index in [4.69, 9.17) is 9.47 Å². The largest absolute Gasteiger partial charge is 0.497 e. The van der Waals surface area contributed by atoms with Gasteiger partial charge in [-0.1, -0.05) is 6.08 Å². The van der Waals surface area contributed by atoms with Crippen LogP contribution in [0.3, 0.4) is 0 Å². The summed E-state index contributed by atoms with van der Waals surface area (Å²) < 4.78 is 12.2. The van der Waals surface area contributed by atoms with Gasteiger partial charge < -0.3 is 9.47 Å². The Bertz CT molecular complexity index is 1130. The normalized spacial score (nSPS) is 14.2. The molecule has 1 aliphatic carbocycles. The Morgan fingerprint density at radius 1 is 1.28 bits per heavy atom. The number of H-pyrrole nitrogens is 1. The number of fused-ring (bicyclic) bond motifs is 2. The molecule has 1 N–H and O–H groups in total. The maximum atomic E-state index is 12.4. The van der Waals surface area contributed by atoms with Crippen molar-refractivity contribution in [3.8, 4) is 11.5 Å². The molecule has 4 rings (SSSR count). The lowest BCUT2D eigenvalue weighted by Crippen LogP contribution is -2.30. The standard InChI is InChI=1S/C18H18N4O3/c1-24-12-8-7-11(16(10-12)25-2)9-15-17(23)20-18-19-13-5-3-4-6-14(13)21-22(15)18/h5,7-10H,3-4,6H2,1-2H3,(H,19,20,23)/b15-9+. The molecule has 0 radical (unpaired) electrons. The predicted octanol–water partition coefficient (Wildman–Crippen LogP) is 0.380. The van der Waals surface area contributed by atoms with E-state index in [-0.39, 0.29) is 5.56 Å². The average molecular weight is 338 g/mol. The fourth-order valence-corrected chi connectivity index (χ4v) is 3.02. The van der Waals surface area contributed by atoms with Crippen molar-refractivity contribution in [2.45, 2.75) is 19.3 Å². The molecule has 7 nitrogen and oxygen atoms in total. The second-order valence-corrected chi connectivity index (χ2v) is 5.87. The molecule has 128 valence electrons. The van der Waals surface area contributed by atoms with Gasteiger partial charge in [0, 0.05) is 11.6 Å². The lowest BCUT2D eigenvalue weighted by atomic mass is 10.1. The first-order valence-corrected chi connectivity index (χ1v) is 8.11. The summed E-state index contributed by atoms with van der Waals surface area (Å²) in [5.41, 5.74) is 1.44. The molecule has 0 saturated heterocycles. The van der Waals surface area contributed by atoms with E-state index in [0.717, 1.165) is 35.9 Å². The number of hydrogen-bond donors (Lipinski definition) is 1. The molecule has 0 fully saturated rings. The molecule has 1 aromatic carbocycles. The molecule has 1 aliphatic rings. The van der Waals surface area contributed by atoms with Crippen molar-refractivity contribution in [3.05, 3.63) is 50.5 Å². The third-order valence-electron chi connectivity index (χ3n) is 4.32. The topological polar surface area (TPSA) is 81.5 Å². The average Bonchev–Trinajstić information content (AvgIpc) is 2.94. The maximum Gasteiger partial charge on any atom is 0.276 e. The van der Waals surface area contributed by atoms with E-state index >= 15 is 0 Å². The van der Waals surface area contributed by atoms with Crippen LogP contribution in [-0.2, 0) is 6.42 Å². The first-order valence-electron chi connectivity index (χ1n) is 8.11. The maximum absolute atomic E-state index is 12.4. The van der Waals surface area contributed by atoms with Gasteiger partial charge in [0.1, 0.15) is 16.8 Å². The molecule has 0 aliphatic heterocycles. The summed E-state index contributed by atoms with van der Waals surface area (Å²) in [6, 6.07) is 5.44. The summed E-state index contributed by atoms with van der Waals surface area (Å²) in [5, 5.41) is 5.89. The second kappa shape index (κ2) is 6.08. The van der Waals surface area contributed by atoms with Gasteiger partial charge in [0.15, 0.2) is 0 Å². The number of aromatic amines is 1. The Balaban J connectivity index is 1.96. The van der Waals surface area contributed by atoms with E-state index in [1.165, 1.54) is 0 Å². The van der Waals surface area contributed by atoms with Crippen LogP contribution in [0.1, 0.15) is 24.1 Å². The van der Waals surface area contributed by atoms with Crippen LogP contribution in [0.25, 0.3) is 17.9 Å². The van der Waals surface area contributed by atoms with Gasteiger partial charge in [-0.25, -0.2) is 4.98 Å². The fraction of sp³-hybridized carbons (Fsp3) is 0.278. The monoisotopic (exact) mass is 338 g/mol. The molecule has 2 aromatic heterocycles. The molecule has 3 aromatic rings. The smallest absolute Gasteiger partial charge is 0.276 e. The van der Waals surface area contributed by atoms with Crippen LogP contribution < -0.4 is 25.7 Å². The van der Waals surface area contributed by atoms with Crippen molar-refractivity contribution in [1.82, 2.24) is 19.6 Å². The Morgan fingerprint density at radius 3 is 2.96 bits per heavy atom. The van der Waals surface area contributed by atoms with Crippen molar-refractivity contribution < 1.29 is 9.47 Å². The van der Waals surface area contributed by atoms with E-state index in [2.05, 4.69) is 21.1 Å². The number of rotatable bonds is 3. The van der Waals surface area contributed by atoms with Crippen molar-refractivity contribution in [1.29, 1.82) is 0 Å². The van der Waals surface area contributed by atoms with Crippen LogP contribution in [0.2, 0.25) is 0 Å². The van der Waals surface area contributed by atoms with Crippen LogP contribution in [0.15, 0.2) is 23.0 Å². The highest BCUT2D eigenvalue weighted by atomic mass is 16.5. The number of methoxy groups -OCH3 is 2. The second-order valence-electron chi connectivity index (χ2n) is 5.87. The van der Waals surface area contributed by atoms with Gasteiger partial charge in [0.2, 0.25) is 5.78 Å². The van der Waals surface area contributed by atoms with Crippen LogP contribution in [0.4, 0.5) is 0 Å². The lowest BCUT2D eigenvalue weighted by molar-refractivity contribution is 0.393. The van der Waals surface area contributed by atoms with E-state index < -0.39 is 0 Å². The minimum Gasteiger partial charge on any atom is -0.497 e. The molecule has 0 bridgehead atoms. The quantitative estimate of drug-likeness (QED) is 0.747. The first-order chi connectivity index (χ1) is 12.2. The first kappa shape index (κ1) is 15.4. The SMILES string of the molecule is COc1ccc(/C=c2\c(=O)[nH]c3nc4c(nn23)CCCC=4)c(OC)c1. The summed E-state index contributed by atoms with van der Waals surface area (Å²) in [7, 11) is 3.18. The number of imidazole rings is 1. The summed E-state index contributed by atoms with van der Waals surface area (Å²) >= 11 is 0. The molecular formula is C18H18N4O3. The van der Waals surface area contributed by atoms with E-state index in [1.54, 1.807) is 30.9 Å². The number of aromatic nitrogens is 4. The zero-order chi connectivity index (χ0) is 17.4. The Morgan fingerprint density at radius 2 is 2.16 bits per heavy atom. The predicted molar refractivity (Wildman–Crippen MR) is 93.4 cm³/mol. The highest BCUT2D eigenvalue weighted by molar-refractivity contribution is 5.59. The highest BCUT2D eigenvalue weighted by Crippen LogP contribution is 2.24. The van der Waals surface area contributed by atoms with Crippen molar-refractivity contribution >= 4 is 17.9 Å². The summed E-state index contributed by atoms with van der Waals surface area (Å²) in [6.45, 7) is 0. The van der Waals surface area contributed by atoms with Crippen LogP contribution >= 0.6 is 0 Å². The van der Waals surface area contributed by atoms with Gasteiger partial charge in [-0.15, -0.1) is 0 Å². The van der Waals surface area contributed by atoms with E-state index in [1.807, 2.05) is 12.1 Å². The minimum atomic E-state index is -0.236.